The molecule has 6 nitrogen and oxygen atoms in total. The van der Waals surface area contributed by atoms with Crippen molar-refractivity contribution in [1.29, 1.82) is 0 Å². The summed E-state index contributed by atoms with van der Waals surface area (Å²) in [6, 6.07) is 15.4. The molecule has 0 radical (unpaired) electrons. The molecule has 0 aliphatic carbocycles. The summed E-state index contributed by atoms with van der Waals surface area (Å²) in [5, 5.41) is 12.5. The van der Waals surface area contributed by atoms with Crippen LogP contribution < -0.4 is 10.6 Å². The van der Waals surface area contributed by atoms with E-state index < -0.39 is 22.8 Å². The van der Waals surface area contributed by atoms with Crippen LogP contribution >= 0.6 is 11.6 Å². The van der Waals surface area contributed by atoms with Crippen molar-refractivity contribution in [3.8, 4) is 0 Å². The zero-order chi connectivity index (χ0) is 23.3. The molecule has 0 aromatic heterocycles. The minimum Gasteiger partial charge on any atom is -0.308 e. The number of nitrogens with one attached hydrogen (secondary N) is 2. The quantitative estimate of drug-likeness (QED) is 0.303. The number of anilines is 2. The Balaban J connectivity index is 1.63. The predicted octanol–water partition coefficient (Wildman–Crippen LogP) is 7.62. The lowest BCUT2D eigenvalue weighted by molar-refractivity contribution is -0.137. The number of Topliss-reactive ketones (excluding diaryl/α,β-unsaturated/α-hetero) is 1. The van der Waals surface area contributed by atoms with Crippen molar-refractivity contribution in [2.75, 3.05) is 10.6 Å². The van der Waals surface area contributed by atoms with Crippen molar-refractivity contribution >= 4 is 46.2 Å². The van der Waals surface area contributed by atoms with E-state index in [4.69, 9.17) is 11.6 Å². The first kappa shape index (κ1) is 23.0. The molecule has 0 aliphatic heterocycles. The molecule has 0 saturated carbocycles. The second-order valence-corrected chi connectivity index (χ2v) is 7.03. The molecule has 10 heteroatoms. The number of hydrogen-bond donors (Lipinski definition) is 2. The molecule has 3 rings (SSSR count). The van der Waals surface area contributed by atoms with Crippen molar-refractivity contribution in [1.82, 2.24) is 0 Å². The number of carbonyl (C=O) groups is 2. The Bertz CT molecular complexity index is 1180. The molecule has 0 fully saturated rings. The minimum absolute atomic E-state index is 0.0579. The lowest BCUT2D eigenvalue weighted by Gasteiger charge is -2.12. The standard InChI is InChI=1S/C22H16ClF3N4O2/c1-13(31)14-3-2-4-18(11-14)30-29-16-7-5-15(6-8-16)27-21(32)28-17-9-10-20(23)19(12-17)22(24,25)26/h2-12H,1H3,(H2,27,28,32). The summed E-state index contributed by atoms with van der Waals surface area (Å²) in [6.07, 6.45) is -4.64. The highest BCUT2D eigenvalue weighted by molar-refractivity contribution is 6.31. The summed E-state index contributed by atoms with van der Waals surface area (Å²) in [5.74, 6) is -0.0796. The number of amides is 2. The Morgan fingerprint density at radius 3 is 2.12 bits per heavy atom. The number of hydrogen-bond acceptors (Lipinski definition) is 4. The lowest BCUT2D eigenvalue weighted by Crippen LogP contribution is -2.19. The molecule has 3 aromatic rings. The van der Waals surface area contributed by atoms with Gasteiger partial charge in [0.25, 0.3) is 0 Å². The highest BCUT2D eigenvalue weighted by Gasteiger charge is 2.33. The van der Waals surface area contributed by atoms with Crippen LogP contribution in [0.1, 0.15) is 22.8 Å². The van der Waals surface area contributed by atoms with Crippen molar-refractivity contribution in [3.05, 3.63) is 82.9 Å². The molecule has 0 aliphatic rings. The fraction of sp³-hybridized carbons (Fsp3) is 0.0909. The smallest absolute Gasteiger partial charge is 0.308 e. The molecular weight excluding hydrogens is 445 g/mol. The Kier molecular flexibility index (Phi) is 6.89. The maximum Gasteiger partial charge on any atom is 0.417 e. The summed E-state index contributed by atoms with van der Waals surface area (Å²) >= 11 is 5.57. The first-order chi connectivity index (χ1) is 15.1. The first-order valence-corrected chi connectivity index (χ1v) is 9.57. The molecule has 2 N–H and O–H groups in total. The average Bonchev–Trinajstić information content (AvgIpc) is 2.74. The Morgan fingerprint density at radius 1 is 0.844 bits per heavy atom. The molecule has 0 unspecified atom stereocenters. The second-order valence-electron chi connectivity index (χ2n) is 6.62. The average molecular weight is 461 g/mol. The third-order valence-corrected chi connectivity index (χ3v) is 4.52. The van der Waals surface area contributed by atoms with E-state index in [1.807, 2.05) is 0 Å². The van der Waals surface area contributed by atoms with Gasteiger partial charge in [0.15, 0.2) is 5.78 Å². The molecule has 3 aromatic carbocycles. The Hall–Kier alpha value is -3.72. The molecule has 0 spiro atoms. The summed E-state index contributed by atoms with van der Waals surface area (Å²) in [4.78, 5) is 23.5. The number of alkyl halides is 3. The zero-order valence-electron chi connectivity index (χ0n) is 16.6. The molecular formula is C22H16ClF3N4O2. The van der Waals surface area contributed by atoms with Crippen LogP contribution in [-0.2, 0) is 6.18 Å². The number of nitrogens with zero attached hydrogens (tertiary/aromatic N) is 2. The number of carbonyl (C=O) groups excluding carboxylic acids is 2. The SMILES string of the molecule is CC(=O)c1cccc(N=Nc2ccc(NC(=O)Nc3ccc(Cl)c(C(F)(F)F)c3)cc2)c1. The van der Waals surface area contributed by atoms with Gasteiger partial charge in [-0.3, -0.25) is 4.79 Å². The molecule has 32 heavy (non-hydrogen) atoms. The van der Waals surface area contributed by atoms with Crippen molar-refractivity contribution in [2.24, 2.45) is 10.2 Å². The van der Waals surface area contributed by atoms with E-state index in [0.29, 0.717) is 22.6 Å². The lowest BCUT2D eigenvalue weighted by atomic mass is 10.1. The van der Waals surface area contributed by atoms with E-state index in [0.717, 1.165) is 12.1 Å². The number of azo groups is 1. The predicted molar refractivity (Wildman–Crippen MR) is 116 cm³/mol. The molecule has 0 atom stereocenters. The summed E-state index contributed by atoms with van der Waals surface area (Å²) in [5.41, 5.74) is 0.829. The third-order valence-electron chi connectivity index (χ3n) is 4.19. The van der Waals surface area contributed by atoms with Crippen molar-refractivity contribution < 1.29 is 22.8 Å². The molecule has 0 saturated heterocycles. The fourth-order valence-electron chi connectivity index (χ4n) is 2.63. The van der Waals surface area contributed by atoms with Gasteiger partial charge in [0.05, 0.1) is 22.0 Å². The van der Waals surface area contributed by atoms with E-state index in [9.17, 15) is 22.8 Å². The van der Waals surface area contributed by atoms with Crippen molar-refractivity contribution in [3.63, 3.8) is 0 Å². The first-order valence-electron chi connectivity index (χ1n) is 9.19. The number of rotatable bonds is 5. The van der Waals surface area contributed by atoms with Gasteiger partial charge in [-0.05, 0) is 61.5 Å². The van der Waals surface area contributed by atoms with Crippen LogP contribution in [0.15, 0.2) is 77.0 Å². The zero-order valence-corrected chi connectivity index (χ0v) is 17.3. The maximum atomic E-state index is 12.9. The van der Waals surface area contributed by atoms with Crippen molar-refractivity contribution in [2.45, 2.75) is 13.1 Å². The highest BCUT2D eigenvalue weighted by atomic mass is 35.5. The Morgan fingerprint density at radius 2 is 1.47 bits per heavy atom. The highest BCUT2D eigenvalue weighted by Crippen LogP contribution is 2.36. The maximum absolute atomic E-state index is 12.9. The summed E-state index contributed by atoms with van der Waals surface area (Å²) < 4.78 is 38.8. The minimum atomic E-state index is -4.64. The molecule has 0 bridgehead atoms. The third kappa shape index (κ3) is 6.14. The topological polar surface area (TPSA) is 82.9 Å². The van der Waals surface area contributed by atoms with E-state index in [1.54, 1.807) is 48.5 Å². The van der Waals surface area contributed by atoms with Gasteiger partial charge < -0.3 is 10.6 Å². The van der Waals surface area contributed by atoms with E-state index >= 15 is 0 Å². The van der Waals surface area contributed by atoms with Gasteiger partial charge >= 0.3 is 12.2 Å². The van der Waals surface area contributed by atoms with E-state index in [1.165, 1.54) is 13.0 Å². The molecule has 2 amide bonds. The van der Waals surface area contributed by atoms with Crippen LogP contribution in [0.4, 0.5) is 40.7 Å². The van der Waals surface area contributed by atoms with Crippen LogP contribution in [0.2, 0.25) is 5.02 Å². The van der Waals surface area contributed by atoms with Gasteiger partial charge in [-0.25, -0.2) is 4.79 Å². The fourth-order valence-corrected chi connectivity index (χ4v) is 2.85. The summed E-state index contributed by atoms with van der Waals surface area (Å²) in [6.45, 7) is 1.46. The Labute approximate surface area is 186 Å². The van der Waals surface area contributed by atoms with Gasteiger partial charge in [-0.2, -0.15) is 23.4 Å². The molecule has 0 heterocycles. The van der Waals surface area contributed by atoms with Gasteiger partial charge in [-0.15, -0.1) is 0 Å². The normalized spacial score (nSPS) is 11.4. The van der Waals surface area contributed by atoms with E-state index in [-0.39, 0.29) is 11.5 Å². The van der Waals surface area contributed by atoms with Gasteiger partial charge in [-0.1, -0.05) is 23.7 Å². The van der Waals surface area contributed by atoms with Gasteiger partial charge in [0.2, 0.25) is 0 Å². The largest absolute Gasteiger partial charge is 0.417 e. The van der Waals surface area contributed by atoms with Gasteiger partial charge in [0.1, 0.15) is 0 Å². The van der Waals surface area contributed by atoms with Gasteiger partial charge in [0, 0.05) is 16.9 Å². The van der Waals surface area contributed by atoms with Crippen LogP contribution in [0.5, 0.6) is 0 Å². The number of urea groups is 1. The number of benzene rings is 3. The van der Waals surface area contributed by atoms with Crippen LogP contribution in [0.25, 0.3) is 0 Å². The molecule has 164 valence electrons. The van der Waals surface area contributed by atoms with Crippen LogP contribution in [0.3, 0.4) is 0 Å². The van der Waals surface area contributed by atoms with E-state index in [2.05, 4.69) is 20.9 Å². The van der Waals surface area contributed by atoms with Crippen LogP contribution in [0, 0.1) is 0 Å². The monoisotopic (exact) mass is 460 g/mol. The number of ketones is 1. The second kappa shape index (κ2) is 9.61. The number of halogens is 4. The summed E-state index contributed by atoms with van der Waals surface area (Å²) in [7, 11) is 0. The van der Waals surface area contributed by atoms with Crippen LogP contribution in [-0.4, -0.2) is 11.8 Å².